The minimum absolute atomic E-state index is 0.0323. The van der Waals surface area contributed by atoms with Crippen LogP contribution in [0.1, 0.15) is 143 Å². The van der Waals surface area contributed by atoms with E-state index in [1.165, 1.54) is 24.1 Å². The molecule has 6 N–H and O–H groups in total. The van der Waals surface area contributed by atoms with Crippen molar-refractivity contribution in [1.82, 2.24) is 20.4 Å². The quantitative estimate of drug-likeness (QED) is 0.0114. The second kappa shape index (κ2) is 29.2. The summed E-state index contributed by atoms with van der Waals surface area (Å²) in [5.41, 5.74) is 7.36. The second-order valence-corrected chi connectivity index (χ2v) is 24.2. The van der Waals surface area contributed by atoms with Crippen LogP contribution in [0, 0.1) is 11.3 Å². The van der Waals surface area contributed by atoms with Gasteiger partial charge in [0, 0.05) is 85.2 Å². The number of hydrogen-bond acceptors (Lipinski definition) is 15. The number of rotatable bonds is 29. The molecular weight excluding hydrogens is 1160 g/mol. The molecule has 2 saturated heterocycles. The number of Topliss-reactive ketones (excluding diaryl/α,β-unsaturated/α-hetero) is 1. The maximum absolute atomic E-state index is 14.3. The lowest BCUT2D eigenvalue weighted by molar-refractivity contribution is -0.151. The summed E-state index contributed by atoms with van der Waals surface area (Å²) >= 11 is 6.43. The molecule has 5 aliphatic rings. The average molecular weight is 1240 g/mol. The number of ether oxygens (including phenoxy) is 3. The molecule has 0 aromatic heterocycles. The van der Waals surface area contributed by atoms with Crippen LogP contribution in [0.3, 0.4) is 0 Å². The van der Waals surface area contributed by atoms with Crippen molar-refractivity contribution in [3.63, 3.8) is 0 Å². The van der Waals surface area contributed by atoms with Crippen molar-refractivity contribution in [3.8, 4) is 17.2 Å². The Kier molecular flexibility index (Phi) is 21.6. The maximum Gasteiger partial charge on any atom is 0.747 e. The van der Waals surface area contributed by atoms with E-state index < -0.39 is 49.9 Å². The fourth-order valence-electron chi connectivity index (χ4n) is 12.5. The molecule has 4 aromatic rings. The molecule has 3 unspecified atom stereocenters. The Bertz CT molecular complexity index is 3250. The molecule has 9 rings (SSSR count). The number of nitrogens with zero attached hydrogens (tertiary/aromatic N) is 4. The number of halogens is 1. The van der Waals surface area contributed by atoms with Gasteiger partial charge in [0.2, 0.25) is 29.5 Å². The molecule has 3 fully saturated rings. The van der Waals surface area contributed by atoms with Gasteiger partial charge >= 0.3 is 14.3 Å². The number of amides is 7. The van der Waals surface area contributed by atoms with Crippen LogP contribution in [0.2, 0.25) is 0 Å². The van der Waals surface area contributed by atoms with E-state index in [0.29, 0.717) is 145 Å². The Morgan fingerprint density at radius 3 is 2.29 bits per heavy atom. The van der Waals surface area contributed by atoms with Crippen LogP contribution in [0.5, 0.6) is 17.2 Å². The molecular formula is C63H78ClN7O15P+. The number of carbonyl (C=O) groups excluding carboxylic acids is 8. The lowest BCUT2D eigenvalue weighted by atomic mass is 9.67. The zero-order valence-corrected chi connectivity index (χ0v) is 51.0. The molecule has 1 aliphatic carbocycles. The molecule has 22 nitrogen and oxygen atoms in total. The highest BCUT2D eigenvalue weighted by Gasteiger charge is 2.51. The highest BCUT2D eigenvalue weighted by atomic mass is 35.5. The third-order valence-electron chi connectivity index (χ3n) is 17.5. The van der Waals surface area contributed by atoms with Gasteiger partial charge in [-0.2, -0.15) is 0 Å². The summed E-state index contributed by atoms with van der Waals surface area (Å²) in [5, 5.41) is 19.2. The van der Waals surface area contributed by atoms with E-state index in [1.54, 1.807) is 59.2 Å². The second-order valence-electron chi connectivity index (χ2n) is 23.3. The van der Waals surface area contributed by atoms with Crippen LogP contribution < -0.4 is 40.2 Å². The summed E-state index contributed by atoms with van der Waals surface area (Å²) in [4.78, 5) is 123. The van der Waals surface area contributed by atoms with Gasteiger partial charge in [-0.15, -0.1) is 16.5 Å². The average Bonchev–Trinajstić information content (AvgIpc) is 1.85. The standard InChI is InChI=1S/C63H77ClN7O15P/c1-39-31-55(74)69(57(39)75)28-11-4-10-27-66-60(78)63(24-14-25-63)61(79)67-46(17-8-9-26-65)50(72)32-40-20-22-41(23-21-40)38-85-62(80)71-48-34-53(52(83-2)33-45(48)58(76)68-29-13-18-47(68)59(71)77)84-30-12-3-5-19-54(73)70-37-42(36-64)56-44-16-7-6-15-43(44)51(35-49(56)70)86-87(81)82/h6-7,15-16,20-23,33-35,39,42,46-47,59,77H,3-5,8-14,17-19,24-32,36-38,65H2,1-2H3,(H2-,66,67,78,79,81,82)/p+1/t39?,42-,46+,47+,59?/m1/s1. The zero-order chi connectivity index (χ0) is 61.9. The number of aliphatic hydroxyl groups is 1. The van der Waals surface area contributed by atoms with Crippen molar-refractivity contribution < 1.29 is 71.7 Å². The number of imide groups is 1. The van der Waals surface area contributed by atoms with Crippen molar-refractivity contribution >= 4 is 89.3 Å². The number of carbonyl (C=O) groups is 8. The zero-order valence-electron chi connectivity index (χ0n) is 49.3. The van der Waals surface area contributed by atoms with E-state index in [2.05, 4.69) is 10.6 Å². The fourth-order valence-corrected chi connectivity index (χ4v) is 13.1. The van der Waals surface area contributed by atoms with Crippen molar-refractivity contribution in [2.24, 2.45) is 17.1 Å². The molecule has 4 heterocycles. The van der Waals surface area contributed by atoms with Crippen molar-refractivity contribution in [1.29, 1.82) is 0 Å². The van der Waals surface area contributed by atoms with Gasteiger partial charge in [0.15, 0.2) is 29.3 Å². The van der Waals surface area contributed by atoms with E-state index in [-0.39, 0.29) is 108 Å². The van der Waals surface area contributed by atoms with Gasteiger partial charge in [0.1, 0.15) is 12.0 Å². The smallest absolute Gasteiger partial charge is 0.493 e. The highest BCUT2D eigenvalue weighted by Crippen LogP contribution is 2.48. The number of unbranched alkanes of at least 4 members (excludes halogenated alkanes) is 5. The summed E-state index contributed by atoms with van der Waals surface area (Å²) in [6, 6.07) is 17.2. The van der Waals surface area contributed by atoms with Crippen molar-refractivity contribution in [2.45, 2.75) is 147 Å². The molecule has 0 bridgehead atoms. The van der Waals surface area contributed by atoms with E-state index in [1.807, 2.05) is 12.1 Å². The Morgan fingerprint density at radius 2 is 1.60 bits per heavy atom. The topological polar surface area (TPSA) is 294 Å². The summed E-state index contributed by atoms with van der Waals surface area (Å²) in [6.45, 7) is 3.49. The number of alkyl halides is 1. The predicted octanol–water partition coefficient (Wildman–Crippen LogP) is 7.84. The van der Waals surface area contributed by atoms with Crippen LogP contribution in [0.4, 0.5) is 16.2 Å². The normalized spacial score (nSPS) is 19.8. The third kappa shape index (κ3) is 14.4. The first-order chi connectivity index (χ1) is 42.0. The molecule has 6 atom stereocenters. The van der Waals surface area contributed by atoms with Gasteiger partial charge < -0.3 is 45.5 Å². The molecule has 87 heavy (non-hydrogen) atoms. The van der Waals surface area contributed by atoms with Crippen LogP contribution in [0.25, 0.3) is 10.8 Å². The number of nitrogens with one attached hydrogen (secondary N) is 2. The van der Waals surface area contributed by atoms with Gasteiger partial charge in [0.05, 0.1) is 42.7 Å². The Balaban J connectivity index is 0.788. The lowest BCUT2D eigenvalue weighted by Gasteiger charge is -2.39. The van der Waals surface area contributed by atoms with Gasteiger partial charge in [-0.3, -0.25) is 38.5 Å². The van der Waals surface area contributed by atoms with Gasteiger partial charge in [-0.25, -0.2) is 14.2 Å². The van der Waals surface area contributed by atoms with Crippen LogP contribution in [0.15, 0.2) is 66.7 Å². The van der Waals surface area contributed by atoms with Crippen LogP contribution in [-0.2, 0) is 51.1 Å². The summed E-state index contributed by atoms with van der Waals surface area (Å²) in [7, 11) is -1.52. The Morgan fingerprint density at radius 1 is 0.862 bits per heavy atom. The van der Waals surface area contributed by atoms with Gasteiger partial charge in [-0.1, -0.05) is 61.9 Å². The number of benzene rings is 4. The minimum Gasteiger partial charge on any atom is -0.493 e. The number of fused-ring (bicyclic) bond motifs is 5. The summed E-state index contributed by atoms with van der Waals surface area (Å²) < 4.78 is 34.8. The molecule has 7 amide bonds. The van der Waals surface area contributed by atoms with Crippen molar-refractivity contribution in [3.05, 3.63) is 89.0 Å². The van der Waals surface area contributed by atoms with E-state index >= 15 is 0 Å². The third-order valence-corrected chi connectivity index (χ3v) is 18.2. The Labute approximate surface area is 511 Å². The SMILES string of the molecule is COc1cc2c(cc1OCCCCCC(=O)N1C[C@@H](CCl)c3c1cc(O[P+](=O)O)c1ccccc31)N(C(=O)OCc1ccc(CC(=O)[C@H](CCCCN)NC(=O)C3(C(=O)NCCCCCN4C(=O)CC(C)C4=O)CCC3)cc1)C(O)[C@@H]1CCCN1C2=O. The van der Waals surface area contributed by atoms with E-state index in [0.717, 1.165) is 15.8 Å². The maximum atomic E-state index is 14.3. The monoisotopic (exact) mass is 1240 g/mol. The number of anilines is 2. The predicted molar refractivity (Wildman–Crippen MR) is 324 cm³/mol. The number of nitrogens with two attached hydrogens (primary N) is 1. The number of methoxy groups -OCH3 is 1. The molecule has 4 aromatic carbocycles. The summed E-state index contributed by atoms with van der Waals surface area (Å²) in [6.07, 6.45) is 5.50. The molecule has 466 valence electrons. The molecule has 0 radical (unpaired) electrons. The summed E-state index contributed by atoms with van der Waals surface area (Å²) in [5.74, 6) is -1.51. The van der Waals surface area contributed by atoms with E-state index in [4.69, 9.17) is 36.1 Å². The number of hydrogen-bond donors (Lipinski definition) is 5. The van der Waals surface area contributed by atoms with Crippen LogP contribution >= 0.6 is 19.9 Å². The first kappa shape index (κ1) is 64.2. The minimum atomic E-state index is -2.96. The molecule has 0 spiro atoms. The number of ketones is 1. The number of likely N-dealkylation sites (tertiary alicyclic amines) is 1. The molecule has 1 saturated carbocycles. The lowest BCUT2D eigenvalue weighted by Crippen LogP contribution is -2.58. The Hall–Kier alpha value is -7.23. The van der Waals surface area contributed by atoms with Crippen LogP contribution in [-0.4, -0.2) is 138 Å². The molecule has 24 heteroatoms. The fraction of sp³-hybridized carbons (Fsp3) is 0.524. The van der Waals surface area contributed by atoms with Crippen molar-refractivity contribution in [2.75, 3.05) is 62.1 Å². The highest BCUT2D eigenvalue weighted by molar-refractivity contribution is 7.32. The van der Waals surface area contributed by atoms with Gasteiger partial charge in [0.25, 0.3) is 5.91 Å². The first-order valence-corrected chi connectivity index (χ1v) is 31.9. The largest absolute Gasteiger partial charge is 0.747 e. The van der Waals surface area contributed by atoms with Gasteiger partial charge in [-0.05, 0) is 118 Å². The molecule has 4 aliphatic heterocycles. The number of aliphatic hydroxyl groups excluding tert-OH is 1. The van der Waals surface area contributed by atoms with E-state index in [9.17, 15) is 52.9 Å². The first-order valence-electron chi connectivity index (χ1n) is 30.3.